The Labute approximate surface area is 125 Å². The van der Waals surface area contributed by atoms with Crippen molar-refractivity contribution in [2.75, 3.05) is 6.54 Å². The van der Waals surface area contributed by atoms with Gasteiger partial charge < -0.3 is 0 Å². The van der Waals surface area contributed by atoms with Crippen molar-refractivity contribution in [2.45, 2.75) is 51.6 Å². The van der Waals surface area contributed by atoms with E-state index in [9.17, 15) is 4.79 Å². The Kier molecular flexibility index (Phi) is 4.01. The van der Waals surface area contributed by atoms with Gasteiger partial charge in [0.1, 0.15) is 5.69 Å². The first-order chi connectivity index (χ1) is 10.2. The first-order valence-corrected chi connectivity index (χ1v) is 7.74. The molecule has 1 fully saturated rings. The highest BCUT2D eigenvalue weighted by atomic mass is 16.1. The third-order valence-electron chi connectivity index (χ3n) is 4.31. The Balaban J connectivity index is 1.85. The number of rotatable bonds is 4. The number of hydrogen-bond acceptors (Lipinski definition) is 4. The van der Waals surface area contributed by atoms with Crippen LogP contribution < -0.4 is 0 Å². The van der Waals surface area contributed by atoms with Crippen LogP contribution in [0.4, 0.5) is 0 Å². The second-order valence-electron chi connectivity index (χ2n) is 6.05. The molecule has 0 spiro atoms. The number of piperidine rings is 1. The molecular weight excluding hydrogens is 264 g/mol. The molecule has 0 aliphatic carbocycles. The van der Waals surface area contributed by atoms with Crippen molar-refractivity contribution in [1.29, 1.82) is 0 Å². The lowest BCUT2D eigenvalue weighted by Gasteiger charge is -2.38. The molecule has 2 aromatic heterocycles. The highest BCUT2D eigenvalue weighted by molar-refractivity contribution is 5.73. The normalized spacial score (nSPS) is 20.2. The van der Waals surface area contributed by atoms with Crippen molar-refractivity contribution >= 4 is 11.9 Å². The van der Waals surface area contributed by atoms with Gasteiger partial charge in [-0.25, -0.2) is 9.50 Å². The molecule has 1 aliphatic rings. The zero-order valence-corrected chi connectivity index (χ0v) is 12.7. The molecule has 0 N–H and O–H groups in total. The molecule has 2 aromatic rings. The van der Waals surface area contributed by atoms with Crippen LogP contribution in [0.3, 0.4) is 0 Å². The van der Waals surface area contributed by atoms with Crippen LogP contribution in [0.1, 0.15) is 49.4 Å². The summed E-state index contributed by atoms with van der Waals surface area (Å²) in [6, 6.07) is 6.57. The summed E-state index contributed by atoms with van der Waals surface area (Å²) in [5.41, 5.74) is 1.30. The van der Waals surface area contributed by atoms with E-state index >= 15 is 0 Å². The minimum Gasteiger partial charge on any atom is -0.298 e. The molecular formula is C16H22N4O. The van der Waals surface area contributed by atoms with Gasteiger partial charge >= 0.3 is 0 Å². The summed E-state index contributed by atoms with van der Waals surface area (Å²) in [6.45, 7) is 5.66. The Morgan fingerprint density at radius 1 is 1.38 bits per heavy atom. The molecule has 1 saturated heterocycles. The maximum atomic E-state index is 11.1. The smallest absolute Gasteiger partial charge is 0.168 e. The van der Waals surface area contributed by atoms with Crippen molar-refractivity contribution in [3.63, 3.8) is 0 Å². The highest BCUT2D eigenvalue weighted by Crippen LogP contribution is 2.22. The van der Waals surface area contributed by atoms with E-state index in [4.69, 9.17) is 0 Å². The first kappa shape index (κ1) is 14.2. The third-order valence-corrected chi connectivity index (χ3v) is 4.31. The molecule has 0 bridgehead atoms. The summed E-state index contributed by atoms with van der Waals surface area (Å²) in [5, 5.41) is 4.52. The zero-order chi connectivity index (χ0) is 14.8. The number of aldehydes is 1. The van der Waals surface area contributed by atoms with Crippen LogP contribution in [0, 0.1) is 0 Å². The molecule has 5 heteroatoms. The van der Waals surface area contributed by atoms with Crippen LogP contribution in [0.15, 0.2) is 18.2 Å². The molecule has 0 amide bonds. The number of carbonyl (C=O) groups is 1. The van der Waals surface area contributed by atoms with Crippen LogP contribution in [-0.4, -0.2) is 44.4 Å². The number of carbonyl (C=O) groups excluding carboxylic acids is 1. The number of fused-ring (bicyclic) bond motifs is 1. The van der Waals surface area contributed by atoms with E-state index in [-0.39, 0.29) is 0 Å². The SMILES string of the molecule is CC(C)N1CCCCC1Cc1nc2cccc(C=O)n2n1. The molecule has 1 atom stereocenters. The summed E-state index contributed by atoms with van der Waals surface area (Å²) >= 11 is 0. The maximum absolute atomic E-state index is 11.1. The van der Waals surface area contributed by atoms with Gasteiger partial charge in [-0.3, -0.25) is 9.69 Å². The van der Waals surface area contributed by atoms with E-state index in [1.165, 1.54) is 19.3 Å². The fourth-order valence-electron chi connectivity index (χ4n) is 3.28. The monoisotopic (exact) mass is 286 g/mol. The van der Waals surface area contributed by atoms with Crippen LogP contribution >= 0.6 is 0 Å². The van der Waals surface area contributed by atoms with Gasteiger partial charge in [0, 0.05) is 18.5 Å². The van der Waals surface area contributed by atoms with E-state index in [2.05, 4.69) is 28.8 Å². The molecule has 112 valence electrons. The second kappa shape index (κ2) is 5.93. The third kappa shape index (κ3) is 2.83. The van der Waals surface area contributed by atoms with Gasteiger partial charge in [-0.05, 0) is 45.4 Å². The van der Waals surface area contributed by atoms with Crippen LogP contribution in [-0.2, 0) is 6.42 Å². The lowest BCUT2D eigenvalue weighted by molar-refractivity contribution is 0.110. The lowest BCUT2D eigenvalue weighted by Crippen LogP contribution is -2.45. The minimum atomic E-state index is 0.510. The Bertz CT molecular complexity index is 634. The summed E-state index contributed by atoms with van der Waals surface area (Å²) in [4.78, 5) is 18.2. The number of nitrogens with zero attached hydrogens (tertiary/aromatic N) is 4. The van der Waals surface area contributed by atoms with Crippen molar-refractivity contribution in [1.82, 2.24) is 19.5 Å². The van der Waals surface area contributed by atoms with E-state index < -0.39 is 0 Å². The van der Waals surface area contributed by atoms with E-state index in [0.29, 0.717) is 17.8 Å². The molecule has 1 aliphatic heterocycles. The summed E-state index contributed by atoms with van der Waals surface area (Å²) in [5.74, 6) is 0.835. The predicted molar refractivity (Wildman–Crippen MR) is 81.6 cm³/mol. The van der Waals surface area contributed by atoms with E-state index in [1.807, 2.05) is 12.1 Å². The minimum absolute atomic E-state index is 0.510. The molecule has 0 aromatic carbocycles. The lowest BCUT2D eigenvalue weighted by atomic mass is 9.97. The quantitative estimate of drug-likeness (QED) is 0.810. The molecule has 1 unspecified atom stereocenters. The number of hydrogen-bond donors (Lipinski definition) is 0. The largest absolute Gasteiger partial charge is 0.298 e. The summed E-state index contributed by atoms with van der Waals surface area (Å²) < 4.78 is 1.64. The van der Waals surface area contributed by atoms with Gasteiger partial charge in [0.2, 0.25) is 0 Å². The van der Waals surface area contributed by atoms with Gasteiger partial charge in [-0.1, -0.05) is 12.5 Å². The van der Waals surface area contributed by atoms with Crippen LogP contribution in [0.25, 0.3) is 5.65 Å². The Morgan fingerprint density at radius 3 is 3.00 bits per heavy atom. The maximum Gasteiger partial charge on any atom is 0.168 e. The standard InChI is InChI=1S/C16H22N4O/c1-12(2)19-9-4-3-6-13(19)10-15-17-16-8-5-7-14(11-21)20(16)18-15/h5,7-8,11-13H,3-4,6,9-10H2,1-2H3. The molecule has 21 heavy (non-hydrogen) atoms. The summed E-state index contributed by atoms with van der Waals surface area (Å²) in [6.07, 6.45) is 5.45. The molecule has 0 saturated carbocycles. The first-order valence-electron chi connectivity index (χ1n) is 7.74. The average molecular weight is 286 g/mol. The summed E-state index contributed by atoms with van der Waals surface area (Å²) in [7, 11) is 0. The number of likely N-dealkylation sites (tertiary alicyclic amines) is 1. The van der Waals surface area contributed by atoms with E-state index in [1.54, 1.807) is 10.6 Å². The molecule has 5 nitrogen and oxygen atoms in total. The number of aromatic nitrogens is 3. The fraction of sp³-hybridized carbons (Fsp3) is 0.562. The van der Waals surface area contributed by atoms with Crippen LogP contribution in [0.2, 0.25) is 0 Å². The highest BCUT2D eigenvalue weighted by Gasteiger charge is 2.26. The molecule has 3 rings (SSSR count). The van der Waals surface area contributed by atoms with Gasteiger partial charge in [-0.2, -0.15) is 5.10 Å². The Hall–Kier alpha value is -1.75. The van der Waals surface area contributed by atoms with Crippen molar-refractivity contribution in [3.8, 4) is 0 Å². The van der Waals surface area contributed by atoms with Crippen LogP contribution in [0.5, 0.6) is 0 Å². The topological polar surface area (TPSA) is 50.5 Å². The van der Waals surface area contributed by atoms with Gasteiger partial charge in [-0.15, -0.1) is 0 Å². The van der Waals surface area contributed by atoms with Gasteiger partial charge in [0.05, 0.1) is 0 Å². The van der Waals surface area contributed by atoms with Crippen molar-refractivity contribution in [2.24, 2.45) is 0 Å². The fourth-order valence-corrected chi connectivity index (χ4v) is 3.28. The van der Waals surface area contributed by atoms with Crippen molar-refractivity contribution < 1.29 is 4.79 Å². The molecule has 3 heterocycles. The Morgan fingerprint density at radius 2 is 2.24 bits per heavy atom. The van der Waals surface area contributed by atoms with Crippen molar-refractivity contribution in [3.05, 3.63) is 29.7 Å². The van der Waals surface area contributed by atoms with Gasteiger partial charge in [0.25, 0.3) is 0 Å². The van der Waals surface area contributed by atoms with E-state index in [0.717, 1.165) is 30.7 Å². The van der Waals surface area contributed by atoms with Gasteiger partial charge in [0.15, 0.2) is 17.8 Å². The number of pyridine rings is 1. The average Bonchev–Trinajstić information content (AvgIpc) is 2.89. The zero-order valence-electron chi connectivity index (χ0n) is 12.7. The second-order valence-corrected chi connectivity index (χ2v) is 6.05. The molecule has 0 radical (unpaired) electrons. The predicted octanol–water partition coefficient (Wildman–Crippen LogP) is 2.35.